The highest BCUT2D eigenvalue weighted by Gasteiger charge is 2.46. The Balaban J connectivity index is 1.33. The van der Waals surface area contributed by atoms with Crippen LogP contribution in [-0.2, 0) is 16.8 Å². The van der Waals surface area contributed by atoms with Crippen LogP contribution in [0.25, 0.3) is 0 Å². The minimum Gasteiger partial charge on any atom is -0.487 e. The number of nitrogens with zero attached hydrogens (tertiary/aromatic N) is 1. The number of hydrogen-bond acceptors (Lipinski definition) is 5. The SMILES string of the molecule is C=C1CC(c2ccsc2)(c2cccc(OC3CC(C)(C)Oc4ccccc43)n2)NC(=O)C1Cc1ccccc1C. The molecule has 0 aliphatic carbocycles. The molecule has 2 aliphatic rings. The van der Waals surface area contributed by atoms with Crippen LogP contribution in [0, 0.1) is 12.8 Å². The first kappa shape index (κ1) is 26.3. The molecular weight excluding hydrogens is 516 g/mol. The van der Waals surface area contributed by atoms with Crippen molar-refractivity contribution in [3.63, 3.8) is 0 Å². The zero-order chi connectivity index (χ0) is 27.9. The molecule has 3 unspecified atom stereocenters. The van der Waals surface area contributed by atoms with E-state index in [1.807, 2.05) is 60.0 Å². The molecule has 4 heterocycles. The number of carbonyl (C=O) groups is 1. The molecule has 204 valence electrons. The lowest BCUT2D eigenvalue weighted by Crippen LogP contribution is -2.54. The molecule has 2 aliphatic heterocycles. The summed E-state index contributed by atoms with van der Waals surface area (Å²) in [4.78, 5) is 18.8. The molecule has 0 bridgehead atoms. The first-order chi connectivity index (χ1) is 19.2. The maximum atomic E-state index is 13.8. The molecule has 1 saturated heterocycles. The molecule has 0 spiro atoms. The minimum atomic E-state index is -0.817. The lowest BCUT2D eigenvalue weighted by atomic mass is 9.73. The number of piperidine rings is 1. The van der Waals surface area contributed by atoms with E-state index in [4.69, 9.17) is 14.5 Å². The van der Waals surface area contributed by atoms with Gasteiger partial charge in [-0.25, -0.2) is 4.98 Å². The summed E-state index contributed by atoms with van der Waals surface area (Å²) < 4.78 is 12.8. The highest BCUT2D eigenvalue weighted by Crippen LogP contribution is 2.44. The van der Waals surface area contributed by atoms with Gasteiger partial charge in [-0.05, 0) is 72.8 Å². The van der Waals surface area contributed by atoms with E-state index in [-0.39, 0.29) is 23.5 Å². The van der Waals surface area contributed by atoms with Gasteiger partial charge < -0.3 is 14.8 Å². The molecule has 5 nitrogen and oxygen atoms in total. The molecule has 0 saturated carbocycles. The average molecular weight is 551 g/mol. The Bertz CT molecular complexity index is 1540. The van der Waals surface area contributed by atoms with Crippen LogP contribution in [0.1, 0.15) is 60.7 Å². The first-order valence-electron chi connectivity index (χ1n) is 13.7. The Morgan fingerprint density at radius 2 is 1.88 bits per heavy atom. The van der Waals surface area contributed by atoms with E-state index < -0.39 is 5.54 Å². The van der Waals surface area contributed by atoms with Gasteiger partial charge in [0.2, 0.25) is 11.8 Å². The fraction of sp³-hybridized carbons (Fsp3) is 0.294. The molecule has 4 aromatic rings. The van der Waals surface area contributed by atoms with Gasteiger partial charge in [0.15, 0.2) is 0 Å². The number of hydrogen-bond donors (Lipinski definition) is 1. The number of ether oxygens (including phenoxy) is 2. The number of carbonyl (C=O) groups excluding carboxylic acids is 1. The van der Waals surface area contributed by atoms with E-state index >= 15 is 0 Å². The van der Waals surface area contributed by atoms with Crippen molar-refractivity contribution in [2.45, 2.75) is 57.3 Å². The van der Waals surface area contributed by atoms with Crippen molar-refractivity contribution in [3.8, 4) is 11.6 Å². The Kier molecular flexibility index (Phi) is 6.75. The van der Waals surface area contributed by atoms with Crippen LogP contribution in [0.2, 0.25) is 0 Å². The van der Waals surface area contributed by atoms with Crippen LogP contribution in [0.15, 0.2) is 95.7 Å². The Hall–Kier alpha value is -3.90. The number of rotatable bonds is 6. The number of aryl methyl sites for hydroxylation is 1. The third-order valence-corrected chi connectivity index (χ3v) is 8.77. The topological polar surface area (TPSA) is 60.5 Å². The quantitative estimate of drug-likeness (QED) is 0.256. The number of nitrogens with one attached hydrogen (secondary N) is 1. The van der Waals surface area contributed by atoms with E-state index in [2.05, 4.69) is 56.2 Å². The monoisotopic (exact) mass is 550 g/mol. The fourth-order valence-corrected chi connectivity index (χ4v) is 6.71. The lowest BCUT2D eigenvalue weighted by Gasteiger charge is -2.42. The summed E-state index contributed by atoms with van der Waals surface area (Å²) in [6, 6.07) is 24.1. The number of para-hydroxylation sites is 1. The van der Waals surface area contributed by atoms with Gasteiger partial charge in [-0.15, -0.1) is 0 Å². The zero-order valence-corrected chi connectivity index (χ0v) is 24.0. The van der Waals surface area contributed by atoms with Crippen molar-refractivity contribution in [3.05, 3.63) is 124 Å². The van der Waals surface area contributed by atoms with Crippen molar-refractivity contribution in [2.75, 3.05) is 0 Å². The summed E-state index contributed by atoms with van der Waals surface area (Å²) in [6.07, 6.45) is 1.69. The van der Waals surface area contributed by atoms with Crippen LogP contribution in [-0.4, -0.2) is 16.5 Å². The fourth-order valence-electron chi connectivity index (χ4n) is 5.98. The molecule has 2 aromatic heterocycles. The molecule has 6 rings (SSSR count). The van der Waals surface area contributed by atoms with Crippen LogP contribution in [0.3, 0.4) is 0 Å². The van der Waals surface area contributed by atoms with Gasteiger partial charge >= 0.3 is 0 Å². The van der Waals surface area contributed by atoms with Crippen molar-refractivity contribution < 1.29 is 14.3 Å². The second kappa shape index (κ2) is 10.3. The minimum absolute atomic E-state index is 0.0288. The summed E-state index contributed by atoms with van der Waals surface area (Å²) in [5, 5.41) is 7.52. The van der Waals surface area contributed by atoms with Gasteiger partial charge in [0.1, 0.15) is 23.0 Å². The van der Waals surface area contributed by atoms with Gasteiger partial charge in [-0.1, -0.05) is 60.7 Å². The third-order valence-electron chi connectivity index (χ3n) is 8.09. The molecular formula is C34H34N2O3S. The Labute approximate surface area is 239 Å². The molecule has 1 N–H and O–H groups in total. The second-order valence-electron chi connectivity index (χ2n) is 11.5. The summed E-state index contributed by atoms with van der Waals surface area (Å²) in [7, 11) is 0. The van der Waals surface area contributed by atoms with Gasteiger partial charge in [0.05, 0.1) is 11.6 Å². The van der Waals surface area contributed by atoms with Gasteiger partial charge in [-0.3, -0.25) is 4.79 Å². The van der Waals surface area contributed by atoms with Crippen molar-refractivity contribution in [1.29, 1.82) is 0 Å². The largest absolute Gasteiger partial charge is 0.487 e. The molecule has 0 radical (unpaired) electrons. The number of benzene rings is 2. The summed E-state index contributed by atoms with van der Waals surface area (Å²) in [6.45, 7) is 10.7. The lowest BCUT2D eigenvalue weighted by molar-refractivity contribution is -0.127. The number of aromatic nitrogens is 1. The Morgan fingerprint density at radius 1 is 1.07 bits per heavy atom. The van der Waals surface area contributed by atoms with E-state index in [1.165, 1.54) is 11.1 Å². The Morgan fingerprint density at radius 3 is 2.65 bits per heavy atom. The van der Waals surface area contributed by atoms with E-state index in [1.54, 1.807) is 11.3 Å². The first-order valence-corrected chi connectivity index (χ1v) is 14.7. The van der Waals surface area contributed by atoms with Crippen molar-refractivity contribution >= 4 is 17.2 Å². The highest BCUT2D eigenvalue weighted by molar-refractivity contribution is 7.08. The molecule has 2 aromatic carbocycles. The van der Waals surface area contributed by atoms with Crippen molar-refractivity contribution in [1.82, 2.24) is 10.3 Å². The summed E-state index contributed by atoms with van der Waals surface area (Å²) in [5.41, 5.74) is 4.84. The van der Waals surface area contributed by atoms with Crippen LogP contribution in [0.4, 0.5) is 0 Å². The van der Waals surface area contributed by atoms with Crippen LogP contribution >= 0.6 is 11.3 Å². The maximum Gasteiger partial charge on any atom is 0.228 e. The predicted molar refractivity (Wildman–Crippen MR) is 159 cm³/mol. The van der Waals surface area contributed by atoms with Gasteiger partial charge in [0, 0.05) is 24.5 Å². The maximum absolute atomic E-state index is 13.8. The molecule has 6 heteroatoms. The normalized spacial score (nSPS) is 23.6. The third kappa shape index (κ3) is 4.92. The zero-order valence-electron chi connectivity index (χ0n) is 23.1. The summed E-state index contributed by atoms with van der Waals surface area (Å²) >= 11 is 1.61. The van der Waals surface area contributed by atoms with E-state index in [0.29, 0.717) is 25.1 Å². The number of pyridine rings is 1. The number of fused-ring (bicyclic) bond motifs is 1. The highest BCUT2D eigenvalue weighted by atomic mass is 32.1. The number of thiophene rings is 1. The van der Waals surface area contributed by atoms with Gasteiger partial charge in [0.25, 0.3) is 0 Å². The molecule has 40 heavy (non-hydrogen) atoms. The predicted octanol–water partition coefficient (Wildman–Crippen LogP) is 7.31. The smallest absolute Gasteiger partial charge is 0.228 e. The van der Waals surface area contributed by atoms with E-state index in [9.17, 15) is 4.79 Å². The van der Waals surface area contributed by atoms with Crippen LogP contribution in [0.5, 0.6) is 11.6 Å². The number of amides is 1. The standard InChI is InChI=1S/C34H34N2O3S/c1-22-10-5-6-11-24(22)18-27-23(2)19-34(36-32(27)37,25-16-17-40-21-25)30-14-9-15-31(35-30)38-29-20-33(3,4)39-28-13-8-7-12-26(28)29/h5-17,21,27,29H,2,18-20H2,1,3-4H3,(H,36,37). The molecule has 1 fully saturated rings. The second-order valence-corrected chi connectivity index (χ2v) is 12.3. The average Bonchev–Trinajstić information content (AvgIpc) is 3.47. The van der Waals surface area contributed by atoms with Crippen molar-refractivity contribution in [2.24, 2.45) is 5.92 Å². The van der Waals surface area contributed by atoms with E-state index in [0.717, 1.165) is 28.1 Å². The summed E-state index contributed by atoms with van der Waals surface area (Å²) in [5.74, 6) is 1.03. The molecule has 3 atom stereocenters. The van der Waals surface area contributed by atoms with Gasteiger partial charge in [-0.2, -0.15) is 11.3 Å². The van der Waals surface area contributed by atoms with Crippen LogP contribution < -0.4 is 14.8 Å². The molecule has 1 amide bonds.